The summed E-state index contributed by atoms with van der Waals surface area (Å²) in [5.74, 6) is 1.77. The molecule has 2 heterocycles. The molecule has 0 radical (unpaired) electrons. The molecule has 1 unspecified atom stereocenters. The molecule has 2 rings (SSSR count). The molecule has 0 aliphatic carbocycles. The number of aromatic nitrogens is 2. The van der Waals surface area contributed by atoms with Crippen LogP contribution in [0.2, 0.25) is 5.15 Å². The Morgan fingerprint density at radius 3 is 2.89 bits per heavy atom. The fraction of sp³-hybridized carbons (Fsp3) is 0.692. The van der Waals surface area contributed by atoms with Crippen LogP contribution in [-0.2, 0) is 11.2 Å². The quantitative estimate of drug-likeness (QED) is 0.791. The predicted octanol–water partition coefficient (Wildman–Crippen LogP) is 2.62. The largest absolute Gasteiger partial charge is 0.380 e. The highest BCUT2D eigenvalue weighted by Crippen LogP contribution is 2.26. The van der Waals surface area contributed by atoms with Crippen molar-refractivity contribution < 1.29 is 4.74 Å². The van der Waals surface area contributed by atoms with Crippen LogP contribution >= 0.6 is 11.6 Å². The standard InChI is InChI=1S/C13H20ClN3O/c1-4-11-15-12(14)9(2)13(16-11)17-7-5-6-10(8-17)18-3/h10H,4-8H2,1-3H3. The molecule has 5 heteroatoms. The average molecular weight is 270 g/mol. The molecule has 1 saturated heterocycles. The van der Waals surface area contributed by atoms with E-state index in [0.717, 1.165) is 49.6 Å². The van der Waals surface area contributed by atoms with Crippen LogP contribution in [-0.4, -0.2) is 36.3 Å². The number of halogens is 1. The minimum absolute atomic E-state index is 0.289. The van der Waals surface area contributed by atoms with Crippen LogP contribution in [0.15, 0.2) is 0 Å². The van der Waals surface area contributed by atoms with E-state index in [1.165, 1.54) is 0 Å². The van der Waals surface area contributed by atoms with Gasteiger partial charge < -0.3 is 9.64 Å². The Morgan fingerprint density at radius 1 is 1.44 bits per heavy atom. The van der Waals surface area contributed by atoms with Gasteiger partial charge >= 0.3 is 0 Å². The molecule has 4 nitrogen and oxygen atoms in total. The second-order valence-corrected chi connectivity index (χ2v) is 5.04. The van der Waals surface area contributed by atoms with Crippen molar-refractivity contribution in [3.05, 3.63) is 16.5 Å². The van der Waals surface area contributed by atoms with Crippen LogP contribution in [0.1, 0.15) is 31.2 Å². The molecule has 18 heavy (non-hydrogen) atoms. The van der Waals surface area contributed by atoms with Gasteiger partial charge in [-0.3, -0.25) is 0 Å². The summed E-state index contributed by atoms with van der Waals surface area (Å²) >= 11 is 6.18. The summed E-state index contributed by atoms with van der Waals surface area (Å²) < 4.78 is 5.45. The number of rotatable bonds is 3. The summed E-state index contributed by atoms with van der Waals surface area (Å²) in [6, 6.07) is 0. The van der Waals surface area contributed by atoms with Crippen LogP contribution < -0.4 is 4.90 Å². The van der Waals surface area contributed by atoms with Crippen LogP contribution in [0.25, 0.3) is 0 Å². The van der Waals surface area contributed by atoms with E-state index in [4.69, 9.17) is 16.3 Å². The van der Waals surface area contributed by atoms with E-state index < -0.39 is 0 Å². The van der Waals surface area contributed by atoms with E-state index in [1.54, 1.807) is 7.11 Å². The third-order valence-electron chi connectivity index (χ3n) is 3.43. The lowest BCUT2D eigenvalue weighted by molar-refractivity contribution is 0.0891. The van der Waals surface area contributed by atoms with Crippen molar-refractivity contribution in [3.8, 4) is 0 Å². The smallest absolute Gasteiger partial charge is 0.137 e. The van der Waals surface area contributed by atoms with E-state index >= 15 is 0 Å². The van der Waals surface area contributed by atoms with E-state index in [2.05, 4.69) is 14.9 Å². The first-order valence-electron chi connectivity index (χ1n) is 6.46. The average Bonchev–Trinajstić information content (AvgIpc) is 2.41. The van der Waals surface area contributed by atoms with Gasteiger partial charge in [-0.25, -0.2) is 9.97 Å². The maximum atomic E-state index is 6.18. The molecule has 0 N–H and O–H groups in total. The first-order chi connectivity index (χ1) is 8.65. The van der Waals surface area contributed by atoms with Gasteiger partial charge in [0.05, 0.1) is 6.10 Å². The number of methoxy groups -OCH3 is 1. The van der Waals surface area contributed by atoms with E-state index in [0.29, 0.717) is 5.15 Å². The number of hydrogen-bond donors (Lipinski definition) is 0. The molecule has 1 fully saturated rings. The Labute approximate surface area is 113 Å². The molecule has 1 aromatic heterocycles. The van der Waals surface area contributed by atoms with Gasteiger partial charge in [0, 0.05) is 32.2 Å². The first kappa shape index (κ1) is 13.6. The molecule has 0 spiro atoms. The summed E-state index contributed by atoms with van der Waals surface area (Å²) in [6.45, 7) is 5.91. The molecule has 1 aliphatic rings. The van der Waals surface area contributed by atoms with E-state index in [9.17, 15) is 0 Å². The zero-order valence-electron chi connectivity index (χ0n) is 11.2. The van der Waals surface area contributed by atoms with Crippen LogP contribution in [0.3, 0.4) is 0 Å². The highest BCUT2D eigenvalue weighted by atomic mass is 35.5. The summed E-state index contributed by atoms with van der Waals surface area (Å²) in [7, 11) is 1.77. The maximum Gasteiger partial charge on any atom is 0.137 e. The van der Waals surface area contributed by atoms with Crippen molar-refractivity contribution in [1.29, 1.82) is 0 Å². The third-order valence-corrected chi connectivity index (χ3v) is 3.80. The van der Waals surface area contributed by atoms with Crippen molar-refractivity contribution in [2.24, 2.45) is 0 Å². The molecule has 100 valence electrons. The molecule has 1 aliphatic heterocycles. The van der Waals surface area contributed by atoms with Gasteiger partial charge in [-0.15, -0.1) is 0 Å². The highest BCUT2D eigenvalue weighted by Gasteiger charge is 2.23. The zero-order chi connectivity index (χ0) is 13.1. The van der Waals surface area contributed by atoms with Crippen LogP contribution in [0.4, 0.5) is 5.82 Å². The normalized spacial score (nSPS) is 20.2. The van der Waals surface area contributed by atoms with Crippen molar-refractivity contribution in [2.45, 2.75) is 39.2 Å². The van der Waals surface area contributed by atoms with E-state index in [-0.39, 0.29) is 6.10 Å². The Morgan fingerprint density at radius 2 is 2.22 bits per heavy atom. The lowest BCUT2D eigenvalue weighted by atomic mass is 10.1. The summed E-state index contributed by atoms with van der Waals surface area (Å²) in [5, 5.41) is 0.566. The third kappa shape index (κ3) is 2.75. The SMILES string of the molecule is CCc1nc(Cl)c(C)c(N2CCCC(OC)C2)n1. The Bertz CT molecular complexity index is 425. The minimum atomic E-state index is 0.289. The van der Waals surface area contributed by atoms with Gasteiger partial charge in [-0.1, -0.05) is 18.5 Å². The van der Waals surface area contributed by atoms with Crippen LogP contribution in [0.5, 0.6) is 0 Å². The Kier molecular flexibility index (Phi) is 4.40. The molecule has 1 aromatic rings. The number of hydrogen-bond acceptors (Lipinski definition) is 4. The number of anilines is 1. The molecule has 1 atom stereocenters. The fourth-order valence-corrected chi connectivity index (χ4v) is 2.49. The zero-order valence-corrected chi connectivity index (χ0v) is 12.0. The van der Waals surface area contributed by atoms with Crippen molar-refractivity contribution in [3.63, 3.8) is 0 Å². The Hall–Kier alpha value is -0.870. The summed E-state index contributed by atoms with van der Waals surface area (Å²) in [5.41, 5.74) is 0.964. The Balaban J connectivity index is 2.28. The van der Waals surface area contributed by atoms with Gasteiger partial charge in [0.1, 0.15) is 16.8 Å². The summed E-state index contributed by atoms with van der Waals surface area (Å²) in [6.07, 6.45) is 3.33. The van der Waals surface area contributed by atoms with Crippen LogP contribution in [0, 0.1) is 6.92 Å². The topological polar surface area (TPSA) is 38.2 Å². The van der Waals surface area contributed by atoms with Gasteiger partial charge in [-0.2, -0.15) is 0 Å². The predicted molar refractivity (Wildman–Crippen MR) is 73.4 cm³/mol. The van der Waals surface area contributed by atoms with Gasteiger partial charge in [0.15, 0.2) is 0 Å². The monoisotopic (exact) mass is 269 g/mol. The maximum absolute atomic E-state index is 6.18. The molecular weight excluding hydrogens is 250 g/mol. The number of aryl methyl sites for hydroxylation is 1. The molecule has 0 bridgehead atoms. The second kappa shape index (κ2) is 5.85. The highest BCUT2D eigenvalue weighted by molar-refractivity contribution is 6.30. The molecular formula is C13H20ClN3O. The molecule has 0 aromatic carbocycles. The van der Waals surface area contributed by atoms with Gasteiger partial charge in [0.25, 0.3) is 0 Å². The van der Waals surface area contributed by atoms with Gasteiger partial charge in [0.2, 0.25) is 0 Å². The lowest BCUT2D eigenvalue weighted by Crippen LogP contribution is -2.40. The lowest BCUT2D eigenvalue weighted by Gasteiger charge is -2.33. The van der Waals surface area contributed by atoms with Crippen molar-refractivity contribution in [1.82, 2.24) is 9.97 Å². The summed E-state index contributed by atoms with van der Waals surface area (Å²) in [4.78, 5) is 11.2. The molecule has 0 amide bonds. The number of nitrogens with zero attached hydrogens (tertiary/aromatic N) is 3. The van der Waals surface area contributed by atoms with Crippen molar-refractivity contribution in [2.75, 3.05) is 25.1 Å². The van der Waals surface area contributed by atoms with Gasteiger partial charge in [-0.05, 0) is 19.8 Å². The van der Waals surface area contributed by atoms with E-state index in [1.807, 2.05) is 13.8 Å². The molecule has 0 saturated carbocycles. The minimum Gasteiger partial charge on any atom is -0.380 e. The fourth-order valence-electron chi connectivity index (χ4n) is 2.31. The van der Waals surface area contributed by atoms with Crippen molar-refractivity contribution >= 4 is 17.4 Å². The number of piperidine rings is 1. The number of ether oxygens (including phenoxy) is 1. The second-order valence-electron chi connectivity index (χ2n) is 4.68. The first-order valence-corrected chi connectivity index (χ1v) is 6.84.